The second-order valence-corrected chi connectivity index (χ2v) is 6.00. The lowest BCUT2D eigenvalue weighted by molar-refractivity contribution is 0.117. The van der Waals surface area contributed by atoms with Crippen LogP contribution in [0, 0.1) is 23.2 Å². The van der Waals surface area contributed by atoms with Gasteiger partial charge in [0.2, 0.25) is 0 Å². The van der Waals surface area contributed by atoms with Crippen LogP contribution in [-0.4, -0.2) is 0 Å². The van der Waals surface area contributed by atoms with E-state index in [1.807, 2.05) is 27.7 Å². The van der Waals surface area contributed by atoms with E-state index < -0.39 is 0 Å². The molecule has 18 heavy (non-hydrogen) atoms. The van der Waals surface area contributed by atoms with Crippen molar-refractivity contribution in [1.82, 2.24) is 0 Å². The monoisotopic (exact) mass is 252 g/mol. The van der Waals surface area contributed by atoms with Crippen LogP contribution in [0.5, 0.6) is 0 Å². The van der Waals surface area contributed by atoms with Crippen molar-refractivity contribution in [2.45, 2.75) is 81.1 Å². The highest BCUT2D eigenvalue weighted by molar-refractivity contribution is 5.21. The third-order valence-electron chi connectivity index (χ3n) is 5.05. The Balaban J connectivity index is 0.000000659. The molecule has 0 aromatic carbocycles. The highest BCUT2D eigenvalue weighted by Gasteiger charge is 2.42. The molecule has 0 heterocycles. The fraction of sp³-hybridized carbons (Fsp3) is 0.889. The number of rotatable bonds is 0. The SMILES string of the molecule is CC.CC.CC1CCC2(C)C(=CCC(C)C2C)C1. The summed E-state index contributed by atoms with van der Waals surface area (Å²) in [6.07, 6.45) is 8.10. The minimum absolute atomic E-state index is 0.546. The van der Waals surface area contributed by atoms with Crippen LogP contribution in [0.4, 0.5) is 0 Å². The van der Waals surface area contributed by atoms with Gasteiger partial charge in [-0.15, -0.1) is 0 Å². The maximum Gasteiger partial charge on any atom is -0.00879 e. The Morgan fingerprint density at radius 2 is 1.61 bits per heavy atom. The van der Waals surface area contributed by atoms with Crippen molar-refractivity contribution in [2.75, 3.05) is 0 Å². The average molecular weight is 252 g/mol. The first-order valence-electron chi connectivity index (χ1n) is 8.23. The molecule has 0 nitrogen and oxygen atoms in total. The van der Waals surface area contributed by atoms with Gasteiger partial charge < -0.3 is 0 Å². The van der Waals surface area contributed by atoms with Gasteiger partial charge in [-0.05, 0) is 48.9 Å². The van der Waals surface area contributed by atoms with Crippen molar-refractivity contribution < 1.29 is 0 Å². The molecule has 1 fully saturated rings. The topological polar surface area (TPSA) is 0 Å². The maximum atomic E-state index is 2.56. The van der Waals surface area contributed by atoms with E-state index in [1.165, 1.54) is 25.7 Å². The molecule has 0 saturated heterocycles. The Kier molecular flexibility index (Phi) is 7.90. The van der Waals surface area contributed by atoms with Crippen LogP contribution in [0.3, 0.4) is 0 Å². The van der Waals surface area contributed by atoms with Gasteiger partial charge in [-0.2, -0.15) is 0 Å². The molecule has 0 amide bonds. The normalized spacial score (nSPS) is 38.2. The first-order valence-corrected chi connectivity index (χ1v) is 8.23. The summed E-state index contributed by atoms with van der Waals surface area (Å²) < 4.78 is 0. The maximum absolute atomic E-state index is 2.56. The van der Waals surface area contributed by atoms with Crippen molar-refractivity contribution in [3.8, 4) is 0 Å². The van der Waals surface area contributed by atoms with Crippen molar-refractivity contribution >= 4 is 0 Å². The number of hydrogen-bond acceptors (Lipinski definition) is 0. The van der Waals surface area contributed by atoms with E-state index in [9.17, 15) is 0 Å². The lowest BCUT2D eigenvalue weighted by atomic mass is 9.57. The Morgan fingerprint density at radius 3 is 2.17 bits per heavy atom. The molecule has 0 bridgehead atoms. The van der Waals surface area contributed by atoms with E-state index in [0.717, 1.165) is 17.8 Å². The standard InChI is InChI=1S/C14H24.2C2H6/c1-10-7-8-14(4)12(3)11(2)5-6-13(14)9-10;2*1-2/h6,10-12H,5,7-9H2,1-4H3;2*1-2H3. The average Bonchev–Trinajstić information content (AvgIpc) is 2.42. The second-order valence-electron chi connectivity index (χ2n) is 6.00. The van der Waals surface area contributed by atoms with Gasteiger partial charge >= 0.3 is 0 Å². The molecule has 0 N–H and O–H groups in total. The van der Waals surface area contributed by atoms with E-state index in [-0.39, 0.29) is 0 Å². The Bertz CT molecular complexity index is 251. The molecular formula is C18H36. The van der Waals surface area contributed by atoms with E-state index in [2.05, 4.69) is 33.8 Å². The van der Waals surface area contributed by atoms with Gasteiger partial charge in [-0.25, -0.2) is 0 Å². The van der Waals surface area contributed by atoms with Crippen LogP contribution in [-0.2, 0) is 0 Å². The fourth-order valence-electron chi connectivity index (χ4n) is 3.41. The van der Waals surface area contributed by atoms with Crippen LogP contribution in [0.1, 0.15) is 81.1 Å². The smallest absolute Gasteiger partial charge is 0.00879 e. The molecule has 0 aromatic heterocycles. The lowest BCUT2D eigenvalue weighted by Crippen LogP contribution is -2.38. The first kappa shape index (κ1) is 17.7. The molecule has 4 unspecified atom stereocenters. The van der Waals surface area contributed by atoms with Gasteiger partial charge in [0.15, 0.2) is 0 Å². The summed E-state index contributed by atoms with van der Waals surface area (Å²) in [5.41, 5.74) is 2.33. The van der Waals surface area contributed by atoms with Gasteiger partial charge in [-0.1, -0.05) is 67.0 Å². The van der Waals surface area contributed by atoms with Gasteiger partial charge in [-0.3, -0.25) is 0 Å². The van der Waals surface area contributed by atoms with Crippen LogP contribution in [0.25, 0.3) is 0 Å². The van der Waals surface area contributed by atoms with Crippen LogP contribution >= 0.6 is 0 Å². The Hall–Kier alpha value is -0.260. The lowest BCUT2D eigenvalue weighted by Gasteiger charge is -2.48. The molecule has 0 aromatic rings. The highest BCUT2D eigenvalue weighted by Crippen LogP contribution is 2.53. The van der Waals surface area contributed by atoms with Gasteiger partial charge in [0.1, 0.15) is 0 Å². The number of hydrogen-bond donors (Lipinski definition) is 0. The van der Waals surface area contributed by atoms with Crippen molar-refractivity contribution in [3.63, 3.8) is 0 Å². The third kappa shape index (κ3) is 3.62. The molecule has 2 aliphatic carbocycles. The molecule has 0 aliphatic heterocycles. The zero-order valence-electron chi connectivity index (χ0n) is 14.1. The summed E-state index contributed by atoms with van der Waals surface area (Å²) in [5, 5.41) is 0. The zero-order chi connectivity index (χ0) is 14.3. The summed E-state index contributed by atoms with van der Waals surface area (Å²) in [6.45, 7) is 17.8. The molecule has 0 heteroatoms. The van der Waals surface area contributed by atoms with E-state index in [4.69, 9.17) is 0 Å². The van der Waals surface area contributed by atoms with Gasteiger partial charge in [0.25, 0.3) is 0 Å². The van der Waals surface area contributed by atoms with E-state index in [0.29, 0.717) is 5.41 Å². The van der Waals surface area contributed by atoms with Gasteiger partial charge in [0.05, 0.1) is 0 Å². The minimum atomic E-state index is 0.546. The first-order chi connectivity index (χ1) is 8.54. The van der Waals surface area contributed by atoms with Crippen LogP contribution in [0.15, 0.2) is 11.6 Å². The molecule has 4 atom stereocenters. The Labute approximate surface area is 116 Å². The van der Waals surface area contributed by atoms with Crippen molar-refractivity contribution in [2.24, 2.45) is 23.2 Å². The van der Waals surface area contributed by atoms with Crippen LogP contribution in [0.2, 0.25) is 0 Å². The predicted octanol–water partition coefficient (Wildman–Crippen LogP) is 6.47. The second kappa shape index (κ2) is 8.02. The quantitative estimate of drug-likeness (QED) is 0.433. The summed E-state index contributed by atoms with van der Waals surface area (Å²) >= 11 is 0. The summed E-state index contributed by atoms with van der Waals surface area (Å²) in [5.74, 6) is 2.70. The molecule has 0 radical (unpaired) electrons. The molecular weight excluding hydrogens is 216 g/mol. The van der Waals surface area contributed by atoms with Crippen LogP contribution < -0.4 is 0 Å². The molecule has 2 rings (SSSR count). The zero-order valence-corrected chi connectivity index (χ0v) is 14.1. The summed E-state index contributed by atoms with van der Waals surface area (Å²) in [7, 11) is 0. The molecule has 0 spiro atoms. The summed E-state index contributed by atoms with van der Waals surface area (Å²) in [6, 6.07) is 0. The van der Waals surface area contributed by atoms with E-state index >= 15 is 0 Å². The fourth-order valence-corrected chi connectivity index (χ4v) is 3.41. The number of fused-ring (bicyclic) bond motifs is 1. The molecule has 2 aliphatic rings. The van der Waals surface area contributed by atoms with E-state index in [1.54, 1.807) is 5.57 Å². The molecule has 108 valence electrons. The number of allylic oxidation sites excluding steroid dienone is 2. The minimum Gasteiger partial charge on any atom is -0.0845 e. The van der Waals surface area contributed by atoms with Gasteiger partial charge in [0, 0.05) is 0 Å². The summed E-state index contributed by atoms with van der Waals surface area (Å²) in [4.78, 5) is 0. The predicted molar refractivity (Wildman–Crippen MR) is 84.8 cm³/mol. The Morgan fingerprint density at radius 1 is 1.06 bits per heavy atom. The highest BCUT2D eigenvalue weighted by atomic mass is 14.5. The van der Waals surface area contributed by atoms with Crippen molar-refractivity contribution in [1.29, 1.82) is 0 Å². The largest absolute Gasteiger partial charge is 0.0845 e. The third-order valence-corrected chi connectivity index (χ3v) is 5.05. The van der Waals surface area contributed by atoms with Crippen molar-refractivity contribution in [3.05, 3.63) is 11.6 Å². The molecule has 1 saturated carbocycles.